The largest absolute Gasteiger partial charge is 0.474 e. The number of aromatic amines is 1. The van der Waals surface area contributed by atoms with Gasteiger partial charge in [-0.25, -0.2) is 4.98 Å². The van der Waals surface area contributed by atoms with Crippen LogP contribution in [-0.2, 0) is 11.8 Å². The number of nitrogens with one attached hydrogen (secondary N) is 1. The summed E-state index contributed by atoms with van der Waals surface area (Å²) in [7, 11) is 1.85. The third-order valence-electron chi connectivity index (χ3n) is 5.45. The Labute approximate surface area is 166 Å². The number of piperidine rings is 1. The van der Waals surface area contributed by atoms with Gasteiger partial charge in [-0.15, -0.1) is 0 Å². The second-order valence-electron chi connectivity index (χ2n) is 7.32. The van der Waals surface area contributed by atoms with Crippen molar-refractivity contribution in [1.82, 2.24) is 34.8 Å². The second-order valence-corrected chi connectivity index (χ2v) is 7.32. The van der Waals surface area contributed by atoms with Crippen LogP contribution in [0.4, 0.5) is 0 Å². The number of aryl methyl sites for hydroxylation is 1. The van der Waals surface area contributed by atoms with Crippen molar-refractivity contribution in [3.05, 3.63) is 30.6 Å². The van der Waals surface area contributed by atoms with Crippen molar-refractivity contribution in [2.24, 2.45) is 7.05 Å². The summed E-state index contributed by atoms with van der Waals surface area (Å²) < 4.78 is 8.02. The normalized spacial score (nSPS) is 15.3. The minimum absolute atomic E-state index is 0.00136. The molecule has 0 bridgehead atoms. The van der Waals surface area contributed by atoms with E-state index in [1.165, 1.54) is 0 Å². The van der Waals surface area contributed by atoms with Gasteiger partial charge in [0, 0.05) is 50.9 Å². The van der Waals surface area contributed by atoms with Crippen LogP contribution in [0.2, 0.25) is 0 Å². The Morgan fingerprint density at radius 2 is 2.00 bits per heavy atom. The van der Waals surface area contributed by atoms with Crippen LogP contribution in [0, 0.1) is 0 Å². The fourth-order valence-electron chi connectivity index (χ4n) is 3.82. The lowest BCUT2D eigenvalue weighted by Gasteiger charge is -2.31. The van der Waals surface area contributed by atoms with E-state index in [-0.39, 0.29) is 12.0 Å². The van der Waals surface area contributed by atoms with E-state index in [0.717, 1.165) is 34.7 Å². The lowest BCUT2D eigenvalue weighted by molar-refractivity contribution is -0.130. The van der Waals surface area contributed by atoms with Crippen LogP contribution < -0.4 is 4.74 Å². The number of hydrogen-bond acceptors (Lipinski definition) is 6. The summed E-state index contributed by atoms with van der Waals surface area (Å²) in [6.07, 6.45) is 5.06. The van der Waals surface area contributed by atoms with Crippen LogP contribution in [-0.4, -0.2) is 59.9 Å². The van der Waals surface area contributed by atoms with Crippen LogP contribution in [0.15, 0.2) is 30.6 Å². The SMILES string of the molecule is CC(=O)N1CCC(Oc2nc(-c3cccc4[nH]ncc34)nc3c2cnn3C)CC1. The molecule has 9 nitrogen and oxygen atoms in total. The number of nitrogens with zero attached hydrogens (tertiary/aromatic N) is 6. The molecule has 0 spiro atoms. The number of benzene rings is 1. The molecule has 1 aliphatic heterocycles. The van der Waals surface area contributed by atoms with E-state index < -0.39 is 0 Å². The topological polar surface area (TPSA) is 102 Å². The molecule has 1 N–H and O–H groups in total. The van der Waals surface area contributed by atoms with Gasteiger partial charge in [0.15, 0.2) is 11.5 Å². The number of ether oxygens (including phenoxy) is 1. The maximum Gasteiger partial charge on any atom is 0.228 e. The van der Waals surface area contributed by atoms with Crippen LogP contribution in [0.5, 0.6) is 5.88 Å². The Hall–Kier alpha value is -3.49. The number of likely N-dealkylation sites (tertiary alicyclic amines) is 1. The van der Waals surface area contributed by atoms with Gasteiger partial charge in [-0.3, -0.25) is 14.6 Å². The van der Waals surface area contributed by atoms with Crippen LogP contribution in [0.1, 0.15) is 19.8 Å². The lowest BCUT2D eigenvalue weighted by atomic mass is 10.1. The summed E-state index contributed by atoms with van der Waals surface area (Å²) in [6, 6.07) is 5.89. The average Bonchev–Trinajstić information content (AvgIpc) is 3.35. The zero-order valence-electron chi connectivity index (χ0n) is 16.3. The maximum absolute atomic E-state index is 11.6. The Kier molecular flexibility index (Phi) is 4.15. The molecule has 1 aliphatic rings. The van der Waals surface area contributed by atoms with Crippen LogP contribution in [0.25, 0.3) is 33.3 Å². The fraction of sp³-hybridized carbons (Fsp3) is 0.350. The zero-order chi connectivity index (χ0) is 20.0. The van der Waals surface area contributed by atoms with Crippen molar-refractivity contribution in [3.63, 3.8) is 0 Å². The van der Waals surface area contributed by atoms with E-state index in [9.17, 15) is 4.79 Å². The quantitative estimate of drug-likeness (QED) is 0.575. The number of carbonyl (C=O) groups is 1. The second kappa shape index (κ2) is 6.84. The van der Waals surface area contributed by atoms with Gasteiger partial charge in [-0.2, -0.15) is 15.2 Å². The third-order valence-corrected chi connectivity index (χ3v) is 5.45. The van der Waals surface area contributed by atoms with Gasteiger partial charge >= 0.3 is 0 Å². The van der Waals surface area contributed by atoms with E-state index in [2.05, 4.69) is 15.3 Å². The number of carbonyl (C=O) groups excluding carboxylic acids is 1. The summed E-state index contributed by atoms with van der Waals surface area (Å²) in [5, 5.41) is 13.2. The summed E-state index contributed by atoms with van der Waals surface area (Å²) in [6.45, 7) is 3.00. The van der Waals surface area contributed by atoms with Crippen molar-refractivity contribution in [1.29, 1.82) is 0 Å². The predicted molar refractivity (Wildman–Crippen MR) is 107 cm³/mol. The number of H-pyrrole nitrogens is 1. The van der Waals surface area contributed by atoms with Gasteiger partial charge in [0.25, 0.3) is 0 Å². The van der Waals surface area contributed by atoms with Gasteiger partial charge < -0.3 is 9.64 Å². The summed E-state index contributed by atoms with van der Waals surface area (Å²) in [5.74, 6) is 1.21. The molecule has 4 aromatic rings. The maximum atomic E-state index is 11.6. The molecule has 9 heteroatoms. The minimum Gasteiger partial charge on any atom is -0.474 e. The molecular formula is C20H21N7O2. The Bertz CT molecular complexity index is 1200. The van der Waals surface area contributed by atoms with Crippen LogP contribution >= 0.6 is 0 Å². The van der Waals surface area contributed by atoms with Crippen molar-refractivity contribution < 1.29 is 9.53 Å². The Morgan fingerprint density at radius 1 is 1.17 bits per heavy atom. The molecule has 0 aliphatic carbocycles. The van der Waals surface area contributed by atoms with Gasteiger partial charge in [0.1, 0.15) is 11.5 Å². The summed E-state index contributed by atoms with van der Waals surface area (Å²) in [4.78, 5) is 22.9. The van der Waals surface area contributed by atoms with Crippen molar-refractivity contribution >= 4 is 27.8 Å². The third kappa shape index (κ3) is 3.08. The number of fused-ring (bicyclic) bond motifs is 2. The number of rotatable bonds is 3. The first-order valence-corrected chi connectivity index (χ1v) is 9.64. The summed E-state index contributed by atoms with van der Waals surface area (Å²) in [5.41, 5.74) is 2.53. The van der Waals surface area contributed by atoms with Crippen molar-refractivity contribution in [2.45, 2.75) is 25.9 Å². The predicted octanol–water partition coefficient (Wildman–Crippen LogP) is 2.30. The fourth-order valence-corrected chi connectivity index (χ4v) is 3.82. The molecule has 148 valence electrons. The first-order chi connectivity index (χ1) is 14.1. The molecule has 1 aromatic carbocycles. The molecule has 1 fully saturated rings. The van der Waals surface area contributed by atoms with E-state index in [1.807, 2.05) is 30.1 Å². The van der Waals surface area contributed by atoms with E-state index >= 15 is 0 Å². The molecule has 0 saturated carbocycles. The highest BCUT2D eigenvalue weighted by Crippen LogP contribution is 2.31. The number of hydrogen-bond donors (Lipinski definition) is 1. The van der Waals surface area contributed by atoms with Gasteiger partial charge in [0.2, 0.25) is 11.8 Å². The highest BCUT2D eigenvalue weighted by atomic mass is 16.5. The minimum atomic E-state index is 0.00136. The highest BCUT2D eigenvalue weighted by molar-refractivity contribution is 5.93. The highest BCUT2D eigenvalue weighted by Gasteiger charge is 2.24. The van der Waals surface area contributed by atoms with E-state index in [4.69, 9.17) is 14.7 Å². The first kappa shape index (κ1) is 17.6. The smallest absolute Gasteiger partial charge is 0.228 e. The number of amides is 1. The molecule has 1 amide bonds. The van der Waals surface area contributed by atoms with Gasteiger partial charge in [-0.05, 0) is 6.07 Å². The number of aromatic nitrogens is 6. The standard InChI is InChI=1S/C20H21N7O2/c1-12(28)27-8-6-13(7-9-27)29-20-16-11-22-26(2)19(16)23-18(24-20)14-4-3-5-17-15(14)10-21-25-17/h3-5,10-11,13H,6-9H2,1-2H3,(H,21,25). The van der Waals surface area contributed by atoms with Crippen molar-refractivity contribution in [3.8, 4) is 17.3 Å². The molecule has 0 unspecified atom stereocenters. The molecule has 1 saturated heterocycles. The van der Waals surface area contributed by atoms with Gasteiger partial charge in [-0.1, -0.05) is 12.1 Å². The summed E-state index contributed by atoms with van der Waals surface area (Å²) >= 11 is 0. The molecule has 5 rings (SSSR count). The molecule has 29 heavy (non-hydrogen) atoms. The van der Waals surface area contributed by atoms with Crippen molar-refractivity contribution in [2.75, 3.05) is 13.1 Å². The van der Waals surface area contributed by atoms with E-state index in [1.54, 1.807) is 24.0 Å². The zero-order valence-corrected chi connectivity index (χ0v) is 16.3. The van der Waals surface area contributed by atoms with E-state index in [0.29, 0.717) is 30.4 Å². The molecule has 0 atom stereocenters. The first-order valence-electron chi connectivity index (χ1n) is 9.64. The van der Waals surface area contributed by atoms with Crippen LogP contribution in [0.3, 0.4) is 0 Å². The monoisotopic (exact) mass is 391 g/mol. The lowest BCUT2D eigenvalue weighted by Crippen LogP contribution is -2.40. The Morgan fingerprint density at radius 3 is 2.79 bits per heavy atom. The molecule has 3 aromatic heterocycles. The Balaban J connectivity index is 1.54. The molecule has 0 radical (unpaired) electrons. The van der Waals surface area contributed by atoms with Gasteiger partial charge in [0.05, 0.1) is 17.9 Å². The molecule has 4 heterocycles. The molecular weight excluding hydrogens is 370 g/mol. The average molecular weight is 391 g/mol.